The maximum absolute atomic E-state index is 12.6. The van der Waals surface area contributed by atoms with Crippen LogP contribution in [0.3, 0.4) is 0 Å². The number of likely N-dealkylation sites (tertiary alicyclic amines) is 1. The third-order valence-corrected chi connectivity index (χ3v) is 6.20. The van der Waals surface area contributed by atoms with Gasteiger partial charge in [0.25, 0.3) is 11.8 Å². The van der Waals surface area contributed by atoms with Crippen LogP contribution in [0.15, 0.2) is 18.2 Å². The molecule has 0 unspecified atom stereocenters. The molecule has 2 aliphatic heterocycles. The first-order valence-corrected chi connectivity index (χ1v) is 10.4. The van der Waals surface area contributed by atoms with E-state index >= 15 is 0 Å². The Morgan fingerprint density at radius 3 is 2.44 bits per heavy atom. The number of nitrogens with one attached hydrogen (secondary N) is 3. The lowest BCUT2D eigenvalue weighted by atomic mass is 10.2. The van der Waals surface area contributed by atoms with Crippen molar-refractivity contribution in [1.29, 1.82) is 0 Å². The summed E-state index contributed by atoms with van der Waals surface area (Å²) in [7, 11) is 0. The molecule has 27 heavy (non-hydrogen) atoms. The Balaban J connectivity index is 1.46. The van der Waals surface area contributed by atoms with Crippen molar-refractivity contribution in [2.45, 2.75) is 25.8 Å². The van der Waals surface area contributed by atoms with Crippen LogP contribution in [-0.2, 0) is 9.59 Å². The van der Waals surface area contributed by atoms with E-state index in [-0.39, 0.29) is 17.9 Å². The molecule has 0 spiro atoms. The number of halogens is 2. The lowest BCUT2D eigenvalue weighted by Crippen LogP contribution is -3.30. The first-order valence-electron chi connectivity index (χ1n) is 9.66. The fourth-order valence-electron chi connectivity index (χ4n) is 3.84. The Labute approximate surface area is 170 Å². The Bertz CT molecular complexity index is 686. The van der Waals surface area contributed by atoms with Gasteiger partial charge in [-0.3, -0.25) is 9.59 Å². The summed E-state index contributed by atoms with van der Waals surface area (Å²) in [6, 6.07) is 4.87. The number of quaternary nitrogens is 2. The molecule has 3 N–H and O–H groups in total. The van der Waals surface area contributed by atoms with E-state index in [0.29, 0.717) is 22.3 Å². The van der Waals surface area contributed by atoms with E-state index in [1.807, 2.05) is 11.8 Å². The predicted octanol–water partition coefficient (Wildman–Crippen LogP) is -0.274. The Morgan fingerprint density at radius 1 is 1.15 bits per heavy atom. The number of carbonyl (C=O) groups excluding carboxylic acids is 2. The smallest absolute Gasteiger partial charge is 0.282 e. The van der Waals surface area contributed by atoms with Gasteiger partial charge in [-0.05, 0) is 38.0 Å². The second kappa shape index (κ2) is 9.24. The molecule has 1 aromatic carbocycles. The minimum atomic E-state index is -0.174. The lowest BCUT2D eigenvalue weighted by Gasteiger charge is -2.33. The third kappa shape index (κ3) is 5.35. The van der Waals surface area contributed by atoms with Crippen LogP contribution in [0, 0.1) is 0 Å². The largest absolute Gasteiger partial charge is 0.338 e. The Kier molecular flexibility index (Phi) is 6.98. The molecule has 0 aromatic heterocycles. The highest BCUT2D eigenvalue weighted by molar-refractivity contribution is 6.36. The van der Waals surface area contributed by atoms with Crippen molar-refractivity contribution in [1.82, 2.24) is 4.90 Å². The molecule has 148 valence electrons. The van der Waals surface area contributed by atoms with E-state index in [9.17, 15) is 9.59 Å². The number of rotatable bonds is 5. The van der Waals surface area contributed by atoms with E-state index in [1.54, 1.807) is 18.2 Å². The van der Waals surface area contributed by atoms with Crippen LogP contribution in [0.25, 0.3) is 0 Å². The Hall–Kier alpha value is -1.34. The monoisotopic (exact) mass is 414 g/mol. The summed E-state index contributed by atoms with van der Waals surface area (Å²) in [5.41, 5.74) is 0.581. The van der Waals surface area contributed by atoms with E-state index in [2.05, 4.69) is 5.32 Å². The molecule has 0 aliphatic carbocycles. The molecular weight excluding hydrogens is 387 g/mol. The number of nitrogens with zero attached hydrogens (tertiary/aromatic N) is 1. The van der Waals surface area contributed by atoms with Crippen LogP contribution in [-0.4, -0.2) is 68.6 Å². The molecule has 0 bridgehead atoms. The van der Waals surface area contributed by atoms with Gasteiger partial charge >= 0.3 is 0 Å². The minimum absolute atomic E-state index is 0.0502. The maximum Gasteiger partial charge on any atom is 0.282 e. The Morgan fingerprint density at radius 2 is 1.81 bits per heavy atom. The summed E-state index contributed by atoms with van der Waals surface area (Å²) >= 11 is 12.0. The van der Waals surface area contributed by atoms with Crippen LogP contribution >= 0.6 is 23.2 Å². The topological polar surface area (TPSA) is 58.3 Å². The molecule has 1 aromatic rings. The molecule has 2 saturated heterocycles. The maximum atomic E-state index is 12.6. The van der Waals surface area contributed by atoms with Gasteiger partial charge in [-0.25, -0.2) is 0 Å². The zero-order chi connectivity index (χ0) is 19.4. The highest BCUT2D eigenvalue weighted by Gasteiger charge is 2.33. The molecule has 2 fully saturated rings. The molecule has 2 heterocycles. The quantitative estimate of drug-likeness (QED) is 0.620. The molecule has 0 saturated carbocycles. The summed E-state index contributed by atoms with van der Waals surface area (Å²) in [5.74, 6) is 0.222. The van der Waals surface area contributed by atoms with E-state index in [1.165, 1.54) is 9.80 Å². The van der Waals surface area contributed by atoms with Crippen molar-refractivity contribution in [3.05, 3.63) is 28.2 Å². The van der Waals surface area contributed by atoms with Gasteiger partial charge in [-0.1, -0.05) is 23.2 Å². The molecule has 8 heteroatoms. The van der Waals surface area contributed by atoms with Gasteiger partial charge in [0.2, 0.25) is 0 Å². The van der Waals surface area contributed by atoms with E-state index < -0.39 is 0 Å². The van der Waals surface area contributed by atoms with Gasteiger partial charge in [-0.2, -0.15) is 0 Å². The van der Waals surface area contributed by atoms with Crippen LogP contribution in [0.2, 0.25) is 10.0 Å². The average Bonchev–Trinajstić information content (AvgIpc) is 3.19. The molecule has 1 atom stereocenters. The zero-order valence-electron chi connectivity index (χ0n) is 15.7. The van der Waals surface area contributed by atoms with Gasteiger partial charge in [0.15, 0.2) is 12.6 Å². The summed E-state index contributed by atoms with van der Waals surface area (Å²) in [6.07, 6.45) is 2.26. The minimum Gasteiger partial charge on any atom is -0.338 e. The van der Waals surface area contributed by atoms with Crippen molar-refractivity contribution in [2.24, 2.45) is 0 Å². The second-order valence-electron chi connectivity index (χ2n) is 7.51. The number of amides is 2. The second-order valence-corrected chi connectivity index (χ2v) is 8.35. The number of benzene rings is 1. The summed E-state index contributed by atoms with van der Waals surface area (Å²) in [4.78, 5) is 29.5. The van der Waals surface area contributed by atoms with Crippen LogP contribution < -0.4 is 15.1 Å². The normalized spacial score (nSPS) is 23.9. The number of hydrogen-bond acceptors (Lipinski definition) is 2. The fraction of sp³-hybridized carbons (Fsp3) is 0.579. The first-order chi connectivity index (χ1) is 12.9. The highest BCUT2D eigenvalue weighted by atomic mass is 35.5. The van der Waals surface area contributed by atoms with E-state index in [4.69, 9.17) is 23.2 Å². The third-order valence-electron chi connectivity index (χ3n) is 5.65. The van der Waals surface area contributed by atoms with Crippen LogP contribution in [0.4, 0.5) is 5.69 Å². The van der Waals surface area contributed by atoms with Crippen molar-refractivity contribution < 1.29 is 19.4 Å². The highest BCUT2D eigenvalue weighted by Crippen LogP contribution is 2.25. The predicted molar refractivity (Wildman–Crippen MR) is 107 cm³/mol. The van der Waals surface area contributed by atoms with Gasteiger partial charge in [0.1, 0.15) is 26.2 Å². The summed E-state index contributed by atoms with van der Waals surface area (Å²) in [5, 5.41) is 3.88. The van der Waals surface area contributed by atoms with Gasteiger partial charge in [0, 0.05) is 18.1 Å². The molecular formula is C19H28Cl2N4O2+2. The molecule has 3 rings (SSSR count). The van der Waals surface area contributed by atoms with Crippen molar-refractivity contribution in [2.75, 3.05) is 51.1 Å². The van der Waals surface area contributed by atoms with Crippen LogP contribution in [0.5, 0.6) is 0 Å². The first kappa shape index (κ1) is 20.4. The molecule has 0 radical (unpaired) electrons. The van der Waals surface area contributed by atoms with Crippen LogP contribution in [0.1, 0.15) is 19.8 Å². The standard InChI is InChI=1S/C19H26Cl2N4O2/c1-14(19(27)22-17-5-4-15(20)12-16(17)21)24-10-8-23(9-11-24)13-18(26)25-6-2-3-7-25/h4-5,12,14H,2-3,6-11,13H2,1H3,(H,22,27)/p+2/t14-/m1/s1. The average molecular weight is 415 g/mol. The van der Waals surface area contributed by atoms with Gasteiger partial charge in [0.05, 0.1) is 10.7 Å². The fourth-order valence-corrected chi connectivity index (χ4v) is 4.30. The lowest BCUT2D eigenvalue weighted by molar-refractivity contribution is -1.01. The van der Waals surface area contributed by atoms with Crippen molar-refractivity contribution in [3.63, 3.8) is 0 Å². The number of piperazine rings is 1. The zero-order valence-corrected chi connectivity index (χ0v) is 17.2. The number of carbonyl (C=O) groups is 2. The van der Waals surface area contributed by atoms with E-state index in [0.717, 1.165) is 52.1 Å². The van der Waals surface area contributed by atoms with Gasteiger partial charge in [-0.15, -0.1) is 0 Å². The van der Waals surface area contributed by atoms with Crippen molar-refractivity contribution in [3.8, 4) is 0 Å². The molecule has 2 aliphatic rings. The summed E-state index contributed by atoms with van der Waals surface area (Å²) in [6.45, 7) is 7.92. The van der Waals surface area contributed by atoms with Gasteiger partial charge < -0.3 is 20.0 Å². The summed E-state index contributed by atoms with van der Waals surface area (Å²) < 4.78 is 0. The van der Waals surface area contributed by atoms with Crippen molar-refractivity contribution >= 4 is 40.7 Å². The molecule has 6 nitrogen and oxygen atoms in total. The number of anilines is 1. The molecule has 2 amide bonds. The SMILES string of the molecule is C[C@H](C(=O)Nc1ccc(Cl)cc1Cl)[NH+]1CC[NH+](CC(=O)N2CCCC2)CC1. The number of hydrogen-bond donors (Lipinski definition) is 3.